The average Bonchev–Trinajstić information content (AvgIpc) is 3.20. The Morgan fingerprint density at radius 2 is 2.07 bits per heavy atom. The van der Waals surface area contributed by atoms with Crippen molar-refractivity contribution < 1.29 is 4.79 Å². The zero-order valence-electron chi connectivity index (χ0n) is 15.0. The largest absolute Gasteiger partial charge is 0.366 e. The molecule has 0 spiro atoms. The van der Waals surface area contributed by atoms with Gasteiger partial charge in [-0.1, -0.05) is 18.2 Å². The highest BCUT2D eigenvalue weighted by Gasteiger charge is 2.27. The molecular weight excluding hydrogens is 356 g/mol. The molecule has 2 N–H and O–H groups in total. The standard InChI is InChI=1S/C21H22N4OS/c22-21(26)17-8-6-15(7-9-17)12-25(13-18-11-23-14-27-18)19-5-1-3-16-4-2-10-24-20(16)19/h2,4,6-11,14,19H,1,3,5,12-13H2,(H2,22,26). The maximum absolute atomic E-state index is 11.3. The number of rotatable bonds is 6. The lowest BCUT2D eigenvalue weighted by Gasteiger charge is -2.34. The number of benzene rings is 1. The molecule has 2 heterocycles. The van der Waals surface area contributed by atoms with Crippen molar-refractivity contribution in [3.63, 3.8) is 0 Å². The van der Waals surface area contributed by atoms with Crippen LogP contribution in [0.2, 0.25) is 0 Å². The van der Waals surface area contributed by atoms with E-state index in [0.717, 1.165) is 31.5 Å². The van der Waals surface area contributed by atoms with Gasteiger partial charge in [0.2, 0.25) is 5.91 Å². The third-order valence-corrected chi connectivity index (χ3v) is 5.84. The lowest BCUT2D eigenvalue weighted by Crippen LogP contribution is -2.31. The Morgan fingerprint density at radius 1 is 1.22 bits per heavy atom. The van der Waals surface area contributed by atoms with E-state index in [2.05, 4.69) is 16.0 Å². The molecule has 0 saturated heterocycles. The van der Waals surface area contributed by atoms with E-state index in [1.54, 1.807) is 23.5 Å². The van der Waals surface area contributed by atoms with Crippen LogP contribution in [0.15, 0.2) is 54.3 Å². The van der Waals surface area contributed by atoms with Gasteiger partial charge in [-0.3, -0.25) is 19.7 Å². The van der Waals surface area contributed by atoms with Gasteiger partial charge in [-0.05, 0) is 48.6 Å². The molecular formula is C21H22N4OS. The molecule has 0 bridgehead atoms. The molecule has 0 aliphatic heterocycles. The van der Waals surface area contributed by atoms with E-state index in [1.807, 2.05) is 36.1 Å². The van der Waals surface area contributed by atoms with Crippen LogP contribution in [-0.2, 0) is 19.5 Å². The predicted molar refractivity (Wildman–Crippen MR) is 106 cm³/mol. The molecule has 3 aromatic rings. The second-order valence-corrected chi connectivity index (χ2v) is 7.86. The van der Waals surface area contributed by atoms with Crippen molar-refractivity contribution in [2.75, 3.05) is 0 Å². The van der Waals surface area contributed by atoms with Crippen LogP contribution < -0.4 is 5.73 Å². The van der Waals surface area contributed by atoms with E-state index in [1.165, 1.54) is 22.6 Å². The fraction of sp³-hybridized carbons (Fsp3) is 0.286. The third-order valence-electron chi connectivity index (χ3n) is 5.07. The lowest BCUT2D eigenvalue weighted by atomic mass is 9.90. The van der Waals surface area contributed by atoms with E-state index in [4.69, 9.17) is 10.7 Å². The number of fused-ring (bicyclic) bond motifs is 1. The SMILES string of the molecule is NC(=O)c1ccc(CN(Cc2cncs2)C2CCCc3cccnc32)cc1. The van der Waals surface area contributed by atoms with Crippen molar-refractivity contribution >= 4 is 17.2 Å². The fourth-order valence-corrected chi connectivity index (χ4v) is 4.37. The topological polar surface area (TPSA) is 72.1 Å². The second-order valence-electron chi connectivity index (χ2n) is 6.89. The van der Waals surface area contributed by atoms with Gasteiger partial charge in [0.15, 0.2) is 0 Å². The minimum atomic E-state index is -0.395. The third kappa shape index (κ3) is 4.07. The molecule has 1 aliphatic carbocycles. The Kier molecular flexibility index (Phi) is 5.27. The summed E-state index contributed by atoms with van der Waals surface area (Å²) >= 11 is 1.68. The summed E-state index contributed by atoms with van der Waals surface area (Å²) < 4.78 is 0. The molecule has 2 aromatic heterocycles. The minimum absolute atomic E-state index is 0.285. The second kappa shape index (κ2) is 7.98. The predicted octanol–water partition coefficient (Wildman–Crippen LogP) is 3.72. The van der Waals surface area contributed by atoms with E-state index in [9.17, 15) is 4.79 Å². The number of hydrogen-bond donors (Lipinski definition) is 1. The van der Waals surface area contributed by atoms with Crippen molar-refractivity contribution in [2.45, 2.75) is 38.4 Å². The molecule has 1 unspecified atom stereocenters. The summed E-state index contributed by atoms with van der Waals surface area (Å²) in [6, 6.07) is 12.1. The number of nitrogens with zero attached hydrogens (tertiary/aromatic N) is 3. The quantitative estimate of drug-likeness (QED) is 0.710. The summed E-state index contributed by atoms with van der Waals surface area (Å²) in [6.07, 6.45) is 7.20. The smallest absolute Gasteiger partial charge is 0.248 e. The summed E-state index contributed by atoms with van der Waals surface area (Å²) in [5.74, 6) is -0.395. The molecule has 1 aliphatic rings. The molecule has 27 heavy (non-hydrogen) atoms. The first-order valence-corrected chi connectivity index (χ1v) is 10.0. The van der Waals surface area contributed by atoms with Crippen molar-refractivity contribution in [1.29, 1.82) is 0 Å². The molecule has 0 fully saturated rings. The number of hydrogen-bond acceptors (Lipinski definition) is 5. The number of aromatic nitrogens is 2. The summed E-state index contributed by atoms with van der Waals surface area (Å²) in [7, 11) is 0. The van der Waals surface area contributed by atoms with E-state index < -0.39 is 5.91 Å². The van der Waals surface area contributed by atoms with Gasteiger partial charge in [0.25, 0.3) is 0 Å². The van der Waals surface area contributed by atoms with Gasteiger partial charge in [-0.25, -0.2) is 0 Å². The Balaban J connectivity index is 1.62. The Labute approximate surface area is 162 Å². The summed E-state index contributed by atoms with van der Waals surface area (Å²) in [6.45, 7) is 1.63. The average molecular weight is 379 g/mol. The highest BCUT2D eigenvalue weighted by molar-refractivity contribution is 7.09. The Hall–Kier alpha value is -2.57. The van der Waals surface area contributed by atoms with Crippen molar-refractivity contribution in [3.8, 4) is 0 Å². The molecule has 6 heteroatoms. The molecule has 4 rings (SSSR count). The van der Waals surface area contributed by atoms with Gasteiger partial charge in [-0.15, -0.1) is 11.3 Å². The number of nitrogens with two attached hydrogens (primary N) is 1. The highest BCUT2D eigenvalue weighted by Crippen LogP contribution is 2.35. The molecule has 1 amide bonds. The van der Waals surface area contributed by atoms with Gasteiger partial charge in [0, 0.05) is 35.9 Å². The zero-order valence-corrected chi connectivity index (χ0v) is 15.9. The van der Waals surface area contributed by atoms with Crippen molar-refractivity contribution in [3.05, 3.63) is 81.6 Å². The molecule has 1 aromatic carbocycles. The molecule has 0 radical (unpaired) electrons. The molecule has 138 valence electrons. The highest BCUT2D eigenvalue weighted by atomic mass is 32.1. The van der Waals surface area contributed by atoms with Crippen molar-refractivity contribution in [1.82, 2.24) is 14.9 Å². The number of carbonyl (C=O) groups excluding carboxylic acids is 1. The van der Waals surface area contributed by atoms with Gasteiger partial charge < -0.3 is 5.73 Å². The molecule has 5 nitrogen and oxygen atoms in total. The first kappa shape index (κ1) is 17.8. The zero-order chi connectivity index (χ0) is 18.6. The van der Waals surface area contributed by atoms with Crippen LogP contribution in [0.5, 0.6) is 0 Å². The summed E-state index contributed by atoms with van der Waals surface area (Å²) in [4.78, 5) is 24.0. The van der Waals surface area contributed by atoms with E-state index in [-0.39, 0.29) is 6.04 Å². The minimum Gasteiger partial charge on any atom is -0.366 e. The van der Waals surface area contributed by atoms with Crippen LogP contribution in [0.3, 0.4) is 0 Å². The normalized spacial score (nSPS) is 16.3. The van der Waals surface area contributed by atoms with Crippen LogP contribution >= 0.6 is 11.3 Å². The maximum Gasteiger partial charge on any atom is 0.248 e. The van der Waals surface area contributed by atoms with Crippen LogP contribution in [0.4, 0.5) is 0 Å². The van der Waals surface area contributed by atoms with Gasteiger partial charge >= 0.3 is 0 Å². The van der Waals surface area contributed by atoms with Gasteiger partial charge in [-0.2, -0.15) is 0 Å². The molecule has 0 saturated carbocycles. The van der Waals surface area contributed by atoms with E-state index >= 15 is 0 Å². The number of primary amides is 1. The van der Waals surface area contributed by atoms with Crippen LogP contribution in [0.25, 0.3) is 0 Å². The first-order chi connectivity index (χ1) is 13.2. The van der Waals surface area contributed by atoms with Crippen LogP contribution in [0.1, 0.15) is 50.9 Å². The number of amides is 1. The van der Waals surface area contributed by atoms with Crippen LogP contribution in [-0.4, -0.2) is 20.8 Å². The number of aryl methyl sites for hydroxylation is 1. The summed E-state index contributed by atoms with van der Waals surface area (Å²) in [5, 5.41) is 0. The van der Waals surface area contributed by atoms with Crippen molar-refractivity contribution in [2.24, 2.45) is 5.73 Å². The summed E-state index contributed by atoms with van der Waals surface area (Å²) in [5.41, 5.74) is 11.5. The maximum atomic E-state index is 11.3. The number of thiazole rings is 1. The van der Waals surface area contributed by atoms with E-state index in [0.29, 0.717) is 5.56 Å². The first-order valence-electron chi connectivity index (χ1n) is 9.14. The molecule has 1 atom stereocenters. The van der Waals surface area contributed by atoms with Gasteiger partial charge in [0.1, 0.15) is 0 Å². The van der Waals surface area contributed by atoms with Crippen LogP contribution in [0, 0.1) is 0 Å². The van der Waals surface area contributed by atoms with Gasteiger partial charge in [0.05, 0.1) is 17.2 Å². The Morgan fingerprint density at radius 3 is 2.81 bits per heavy atom. The monoisotopic (exact) mass is 378 g/mol. The fourth-order valence-electron chi connectivity index (χ4n) is 3.75. The number of pyridine rings is 1. The Bertz CT molecular complexity index is 908. The lowest BCUT2D eigenvalue weighted by molar-refractivity contribution is 0.1000. The number of carbonyl (C=O) groups is 1.